The van der Waals surface area contributed by atoms with Gasteiger partial charge in [-0.25, -0.2) is 4.79 Å². The molecule has 0 aliphatic carbocycles. The number of aliphatic hydroxyl groups is 1. The maximum absolute atomic E-state index is 11.7. The van der Waals surface area contributed by atoms with Gasteiger partial charge in [-0.1, -0.05) is 6.07 Å². The van der Waals surface area contributed by atoms with Crippen LogP contribution < -0.4 is 5.32 Å². The van der Waals surface area contributed by atoms with E-state index in [1.807, 2.05) is 0 Å². The first-order valence-corrected chi connectivity index (χ1v) is 5.41. The van der Waals surface area contributed by atoms with E-state index >= 15 is 0 Å². The molecule has 6 nitrogen and oxygen atoms in total. The molecule has 0 atom stereocenters. The molecule has 18 heavy (non-hydrogen) atoms. The summed E-state index contributed by atoms with van der Waals surface area (Å²) in [6, 6.07) is 6.53. The van der Waals surface area contributed by atoms with Crippen molar-refractivity contribution >= 4 is 17.7 Å². The zero-order valence-corrected chi connectivity index (χ0v) is 10.3. The Hall–Kier alpha value is -2.08. The molecule has 1 aromatic rings. The summed E-state index contributed by atoms with van der Waals surface area (Å²) in [6.07, 6.45) is -0.668. The van der Waals surface area contributed by atoms with Gasteiger partial charge in [-0.3, -0.25) is 10.1 Å². The molecule has 0 aliphatic rings. The molecule has 0 saturated heterocycles. The highest BCUT2D eigenvalue weighted by Crippen LogP contribution is 2.12. The molecule has 0 aromatic heterocycles. The number of aliphatic hydroxyl groups excluding tert-OH is 1. The molecule has 6 heteroatoms. The fourth-order valence-corrected chi connectivity index (χ4v) is 1.28. The topological polar surface area (TPSA) is 78.9 Å². The van der Waals surface area contributed by atoms with Gasteiger partial charge in [0.15, 0.2) is 0 Å². The van der Waals surface area contributed by atoms with Crippen LogP contribution in [0.5, 0.6) is 0 Å². The number of carbonyl (C=O) groups is 2. The molecule has 1 rings (SSSR count). The molecule has 0 heterocycles. The van der Waals surface area contributed by atoms with Crippen molar-refractivity contribution in [3.8, 4) is 0 Å². The van der Waals surface area contributed by atoms with Gasteiger partial charge in [-0.15, -0.1) is 0 Å². The van der Waals surface area contributed by atoms with Crippen molar-refractivity contribution in [3.05, 3.63) is 29.8 Å². The Balaban J connectivity index is 2.70. The normalized spacial score (nSPS) is 9.72. The molecule has 1 aromatic carbocycles. The van der Waals surface area contributed by atoms with Crippen LogP contribution >= 0.6 is 0 Å². The van der Waals surface area contributed by atoms with Crippen molar-refractivity contribution in [1.29, 1.82) is 0 Å². The lowest BCUT2D eigenvalue weighted by molar-refractivity contribution is 0.0827. The number of nitrogens with one attached hydrogen (secondary N) is 1. The van der Waals surface area contributed by atoms with Crippen molar-refractivity contribution in [3.63, 3.8) is 0 Å². The van der Waals surface area contributed by atoms with E-state index < -0.39 is 6.09 Å². The number of amides is 2. The van der Waals surface area contributed by atoms with Gasteiger partial charge in [0.1, 0.15) is 6.61 Å². The minimum Gasteiger partial charge on any atom is -0.447 e. The summed E-state index contributed by atoms with van der Waals surface area (Å²) in [5, 5.41) is 11.0. The van der Waals surface area contributed by atoms with Crippen molar-refractivity contribution in [2.75, 3.05) is 32.6 Å². The second kappa shape index (κ2) is 6.61. The van der Waals surface area contributed by atoms with E-state index in [0.29, 0.717) is 11.3 Å². The van der Waals surface area contributed by atoms with Gasteiger partial charge >= 0.3 is 6.09 Å². The first kappa shape index (κ1) is 14.0. The van der Waals surface area contributed by atoms with E-state index in [0.717, 1.165) is 0 Å². The van der Waals surface area contributed by atoms with Crippen molar-refractivity contribution < 1.29 is 19.4 Å². The van der Waals surface area contributed by atoms with Crippen LogP contribution in [0.4, 0.5) is 10.5 Å². The predicted octanol–water partition coefficient (Wildman–Crippen LogP) is 0.929. The average Bonchev–Trinajstić information content (AvgIpc) is 2.35. The van der Waals surface area contributed by atoms with Crippen molar-refractivity contribution in [1.82, 2.24) is 4.90 Å². The van der Waals surface area contributed by atoms with Gasteiger partial charge < -0.3 is 14.7 Å². The van der Waals surface area contributed by atoms with Crippen LogP contribution in [-0.4, -0.2) is 49.3 Å². The summed E-state index contributed by atoms with van der Waals surface area (Å²) in [7, 11) is 3.30. The lowest BCUT2D eigenvalue weighted by Crippen LogP contribution is -2.22. The molecule has 2 amide bonds. The number of rotatable bonds is 4. The molecule has 0 saturated carbocycles. The summed E-state index contributed by atoms with van der Waals surface area (Å²) >= 11 is 0. The number of carbonyl (C=O) groups excluding carboxylic acids is 2. The monoisotopic (exact) mass is 252 g/mol. The lowest BCUT2D eigenvalue weighted by atomic mass is 10.2. The molecule has 0 unspecified atom stereocenters. The van der Waals surface area contributed by atoms with Crippen LogP contribution in [-0.2, 0) is 4.74 Å². The number of anilines is 1. The van der Waals surface area contributed by atoms with Crippen molar-refractivity contribution in [2.45, 2.75) is 0 Å². The Bertz CT molecular complexity index is 432. The Kier molecular flexibility index (Phi) is 5.13. The zero-order valence-electron chi connectivity index (χ0n) is 10.3. The zero-order chi connectivity index (χ0) is 13.5. The third-order valence-electron chi connectivity index (χ3n) is 2.09. The molecular formula is C12H16N2O4. The van der Waals surface area contributed by atoms with E-state index in [1.54, 1.807) is 38.4 Å². The van der Waals surface area contributed by atoms with Crippen LogP contribution in [0.2, 0.25) is 0 Å². The highest BCUT2D eigenvalue weighted by Gasteiger charge is 2.09. The van der Waals surface area contributed by atoms with Crippen LogP contribution in [0.25, 0.3) is 0 Å². The third-order valence-corrected chi connectivity index (χ3v) is 2.09. The highest BCUT2D eigenvalue weighted by atomic mass is 16.6. The molecule has 0 radical (unpaired) electrons. The molecule has 0 bridgehead atoms. The van der Waals surface area contributed by atoms with Crippen molar-refractivity contribution in [2.24, 2.45) is 0 Å². The molecule has 0 spiro atoms. The smallest absolute Gasteiger partial charge is 0.411 e. The lowest BCUT2D eigenvalue weighted by Gasteiger charge is -2.11. The summed E-state index contributed by atoms with van der Waals surface area (Å²) in [6.45, 7) is -0.297. The maximum Gasteiger partial charge on any atom is 0.411 e. The number of benzene rings is 1. The first-order chi connectivity index (χ1) is 8.54. The molecule has 2 N–H and O–H groups in total. The second-order valence-corrected chi connectivity index (χ2v) is 3.76. The van der Waals surface area contributed by atoms with Gasteiger partial charge in [-0.2, -0.15) is 0 Å². The van der Waals surface area contributed by atoms with E-state index in [9.17, 15) is 9.59 Å². The number of nitrogens with zero attached hydrogens (tertiary/aromatic N) is 1. The third kappa shape index (κ3) is 4.06. The van der Waals surface area contributed by atoms with E-state index in [2.05, 4.69) is 10.1 Å². The van der Waals surface area contributed by atoms with Crippen LogP contribution in [0.15, 0.2) is 24.3 Å². The Morgan fingerprint density at radius 3 is 2.72 bits per heavy atom. The standard InChI is InChI=1S/C12H16N2O4/c1-14(2)11(16)9-4-3-5-10(8-9)13-12(17)18-7-6-15/h3-5,8,15H,6-7H2,1-2H3,(H,13,17). The molecular weight excluding hydrogens is 236 g/mol. The number of hydrogen-bond donors (Lipinski definition) is 2. The molecule has 98 valence electrons. The Labute approximate surface area is 105 Å². The van der Waals surface area contributed by atoms with Gasteiger partial charge in [0.05, 0.1) is 6.61 Å². The summed E-state index contributed by atoms with van der Waals surface area (Å²) in [4.78, 5) is 24.4. The Morgan fingerprint density at radius 1 is 1.39 bits per heavy atom. The quantitative estimate of drug-likeness (QED) is 0.835. The van der Waals surface area contributed by atoms with Gasteiger partial charge in [-0.05, 0) is 18.2 Å². The van der Waals surface area contributed by atoms with Gasteiger partial charge in [0, 0.05) is 25.3 Å². The largest absolute Gasteiger partial charge is 0.447 e. The van der Waals surface area contributed by atoms with Crippen LogP contribution in [0.1, 0.15) is 10.4 Å². The molecule has 0 fully saturated rings. The minimum atomic E-state index is -0.668. The van der Waals surface area contributed by atoms with Crippen LogP contribution in [0, 0.1) is 0 Å². The van der Waals surface area contributed by atoms with E-state index in [1.165, 1.54) is 4.90 Å². The highest BCUT2D eigenvalue weighted by molar-refractivity contribution is 5.95. The van der Waals surface area contributed by atoms with Gasteiger partial charge in [0.25, 0.3) is 5.91 Å². The van der Waals surface area contributed by atoms with Gasteiger partial charge in [0.2, 0.25) is 0 Å². The first-order valence-electron chi connectivity index (χ1n) is 5.41. The summed E-state index contributed by atoms with van der Waals surface area (Å²) < 4.78 is 4.65. The fourth-order valence-electron chi connectivity index (χ4n) is 1.28. The maximum atomic E-state index is 11.7. The average molecular weight is 252 g/mol. The number of ether oxygens (including phenoxy) is 1. The van der Waals surface area contributed by atoms with Crippen LogP contribution in [0.3, 0.4) is 0 Å². The molecule has 0 aliphatic heterocycles. The summed E-state index contributed by atoms with van der Waals surface area (Å²) in [5.41, 5.74) is 0.936. The minimum absolute atomic E-state index is 0.0673. The summed E-state index contributed by atoms with van der Waals surface area (Å²) in [5.74, 6) is -0.151. The SMILES string of the molecule is CN(C)C(=O)c1cccc(NC(=O)OCCO)c1. The second-order valence-electron chi connectivity index (χ2n) is 3.76. The predicted molar refractivity (Wildman–Crippen MR) is 66.5 cm³/mol. The van der Waals surface area contributed by atoms with E-state index in [4.69, 9.17) is 5.11 Å². The fraction of sp³-hybridized carbons (Fsp3) is 0.333. The number of hydrogen-bond acceptors (Lipinski definition) is 4. The van der Waals surface area contributed by atoms with E-state index in [-0.39, 0.29) is 19.1 Å². The Morgan fingerprint density at radius 2 is 2.11 bits per heavy atom.